The smallest absolute Gasteiger partial charge is 0.308 e. The summed E-state index contributed by atoms with van der Waals surface area (Å²) in [6.07, 6.45) is 5.66. The number of hydrogen-bond donors (Lipinski definition) is 1. The lowest BCUT2D eigenvalue weighted by Gasteiger charge is -2.59. The second kappa shape index (κ2) is 5.65. The molecule has 0 radical (unpaired) electrons. The molecule has 5 heteroatoms. The predicted molar refractivity (Wildman–Crippen MR) is 92.9 cm³/mol. The van der Waals surface area contributed by atoms with Crippen molar-refractivity contribution >= 4 is 11.8 Å². The molecule has 0 aromatic heterocycles. The van der Waals surface area contributed by atoms with Crippen LogP contribution in [0, 0.1) is 11.3 Å². The third-order valence-electron chi connectivity index (χ3n) is 7.01. The van der Waals surface area contributed by atoms with Gasteiger partial charge in [-0.1, -0.05) is 6.92 Å². The van der Waals surface area contributed by atoms with Crippen molar-refractivity contribution in [1.29, 1.82) is 0 Å². The molecule has 140 valence electrons. The Morgan fingerprint density at radius 3 is 2.60 bits per heavy atom. The van der Waals surface area contributed by atoms with E-state index < -0.39 is 28.1 Å². The fourth-order valence-corrected chi connectivity index (χ4v) is 5.85. The number of carbonyl (C=O) groups is 2. The van der Waals surface area contributed by atoms with Crippen LogP contribution in [0.2, 0.25) is 0 Å². The molecular weight excluding hydrogens is 320 g/mol. The quantitative estimate of drug-likeness (QED) is 0.775. The lowest BCUT2D eigenvalue weighted by Crippen LogP contribution is -2.64. The Bertz CT molecular complexity index is 636. The molecule has 0 amide bonds. The van der Waals surface area contributed by atoms with Crippen LogP contribution in [0.1, 0.15) is 66.2 Å². The number of ketones is 1. The molecular formula is C20H30O5. The first kappa shape index (κ1) is 18.6. The van der Waals surface area contributed by atoms with Crippen LogP contribution in [0.4, 0.5) is 0 Å². The topological polar surface area (TPSA) is 72.8 Å². The van der Waals surface area contributed by atoms with E-state index in [4.69, 9.17) is 9.47 Å². The summed E-state index contributed by atoms with van der Waals surface area (Å²) in [4.78, 5) is 24.7. The van der Waals surface area contributed by atoms with Gasteiger partial charge in [-0.25, -0.2) is 0 Å². The summed E-state index contributed by atoms with van der Waals surface area (Å²) in [5, 5.41) is 11.0. The van der Waals surface area contributed by atoms with E-state index in [-0.39, 0.29) is 18.2 Å². The van der Waals surface area contributed by atoms with Crippen molar-refractivity contribution in [3.63, 3.8) is 0 Å². The number of fused-ring (bicyclic) bond motifs is 2. The van der Waals surface area contributed by atoms with E-state index in [9.17, 15) is 14.7 Å². The zero-order chi connectivity index (χ0) is 18.7. The van der Waals surface area contributed by atoms with Gasteiger partial charge in [0.25, 0.3) is 0 Å². The highest BCUT2D eigenvalue weighted by Gasteiger charge is 2.67. The highest BCUT2D eigenvalue weighted by molar-refractivity contribution is 5.96. The van der Waals surface area contributed by atoms with Gasteiger partial charge in [0.15, 0.2) is 5.78 Å². The van der Waals surface area contributed by atoms with Crippen LogP contribution in [0.5, 0.6) is 0 Å². The first-order valence-electron chi connectivity index (χ1n) is 9.22. The monoisotopic (exact) mass is 350 g/mol. The molecule has 1 heterocycles. The lowest BCUT2D eigenvalue weighted by molar-refractivity contribution is -0.208. The molecule has 3 rings (SSSR count). The maximum atomic E-state index is 12.8. The number of aliphatic hydroxyl groups is 1. The number of ether oxygens (including phenoxy) is 2. The van der Waals surface area contributed by atoms with Gasteiger partial charge in [-0.05, 0) is 64.5 Å². The summed E-state index contributed by atoms with van der Waals surface area (Å²) >= 11 is 0. The van der Waals surface area contributed by atoms with Crippen molar-refractivity contribution in [1.82, 2.24) is 0 Å². The Labute approximate surface area is 149 Å². The first-order valence-corrected chi connectivity index (χ1v) is 9.22. The van der Waals surface area contributed by atoms with Crippen LogP contribution in [0.3, 0.4) is 0 Å². The molecule has 1 aliphatic heterocycles. The highest BCUT2D eigenvalue weighted by Crippen LogP contribution is 2.63. The van der Waals surface area contributed by atoms with Gasteiger partial charge in [-0.2, -0.15) is 0 Å². The summed E-state index contributed by atoms with van der Waals surface area (Å²) in [5.41, 5.74) is -1.81. The third kappa shape index (κ3) is 2.58. The molecule has 2 aliphatic carbocycles. The van der Waals surface area contributed by atoms with Gasteiger partial charge in [-0.3, -0.25) is 9.59 Å². The normalized spacial score (nSPS) is 46.7. The number of rotatable bonds is 2. The van der Waals surface area contributed by atoms with Crippen LogP contribution in [-0.4, -0.2) is 40.8 Å². The molecule has 2 fully saturated rings. The minimum absolute atomic E-state index is 0.000459. The highest BCUT2D eigenvalue weighted by atomic mass is 16.5. The van der Waals surface area contributed by atoms with Crippen LogP contribution >= 0.6 is 0 Å². The average molecular weight is 350 g/mol. The Morgan fingerprint density at radius 2 is 1.96 bits per heavy atom. The second-order valence-corrected chi connectivity index (χ2v) is 8.92. The van der Waals surface area contributed by atoms with E-state index >= 15 is 0 Å². The number of esters is 1. The molecule has 0 bridgehead atoms. The first-order chi connectivity index (χ1) is 11.5. The summed E-state index contributed by atoms with van der Waals surface area (Å²) in [6, 6.07) is 0. The Hall–Kier alpha value is -1.20. The lowest BCUT2D eigenvalue weighted by atomic mass is 9.49. The van der Waals surface area contributed by atoms with Crippen LogP contribution < -0.4 is 0 Å². The van der Waals surface area contributed by atoms with Gasteiger partial charge in [0.1, 0.15) is 0 Å². The molecule has 1 saturated carbocycles. The van der Waals surface area contributed by atoms with E-state index in [2.05, 4.69) is 6.92 Å². The van der Waals surface area contributed by atoms with E-state index in [1.807, 2.05) is 13.8 Å². The number of allylic oxidation sites excluding steroid dienone is 1. The Morgan fingerprint density at radius 1 is 1.28 bits per heavy atom. The van der Waals surface area contributed by atoms with E-state index in [1.165, 1.54) is 7.11 Å². The fraction of sp³-hybridized carbons (Fsp3) is 0.800. The van der Waals surface area contributed by atoms with Crippen molar-refractivity contribution in [2.24, 2.45) is 11.3 Å². The Balaban J connectivity index is 2.05. The molecule has 5 unspecified atom stereocenters. The molecule has 1 N–H and O–H groups in total. The van der Waals surface area contributed by atoms with Crippen LogP contribution in [0.15, 0.2) is 11.6 Å². The van der Waals surface area contributed by atoms with Crippen molar-refractivity contribution in [2.45, 2.75) is 83.0 Å². The van der Waals surface area contributed by atoms with Gasteiger partial charge in [0, 0.05) is 5.41 Å². The van der Waals surface area contributed by atoms with Crippen LogP contribution in [-0.2, 0) is 19.1 Å². The zero-order valence-electron chi connectivity index (χ0n) is 16.0. The van der Waals surface area contributed by atoms with Gasteiger partial charge in [0.05, 0.1) is 36.3 Å². The maximum Gasteiger partial charge on any atom is 0.308 e. The van der Waals surface area contributed by atoms with E-state index in [0.29, 0.717) is 6.42 Å². The van der Waals surface area contributed by atoms with Crippen molar-refractivity contribution in [3.05, 3.63) is 11.6 Å². The van der Waals surface area contributed by atoms with E-state index in [1.54, 1.807) is 13.0 Å². The van der Waals surface area contributed by atoms with Crippen molar-refractivity contribution < 1.29 is 24.2 Å². The van der Waals surface area contributed by atoms with Gasteiger partial charge in [-0.15, -0.1) is 0 Å². The van der Waals surface area contributed by atoms with Gasteiger partial charge in [0.2, 0.25) is 0 Å². The summed E-state index contributed by atoms with van der Waals surface area (Å²) in [6.45, 7) is 7.76. The van der Waals surface area contributed by atoms with Gasteiger partial charge >= 0.3 is 5.97 Å². The Kier molecular flexibility index (Phi) is 4.20. The molecule has 5 nitrogen and oxygen atoms in total. The summed E-state index contributed by atoms with van der Waals surface area (Å²) in [7, 11) is 1.39. The SMILES string of the molecule is COC(=O)CC1(C)CCC2(O1)C(C)=CC(=O)C1C(C)(O)CCCC12C. The molecule has 5 atom stereocenters. The molecule has 0 aromatic rings. The molecule has 3 aliphatic rings. The van der Waals surface area contributed by atoms with Crippen molar-refractivity contribution in [3.8, 4) is 0 Å². The molecule has 1 spiro atoms. The standard InChI is InChI=1S/C20H30O5/c1-13-11-14(21)16-18(3,7-6-8-19(16,4)23)20(13)10-9-17(2,25-20)12-15(22)24-5/h11,16,23H,6-10,12H2,1-5H3. The minimum atomic E-state index is -1.03. The number of hydrogen-bond acceptors (Lipinski definition) is 5. The number of carbonyl (C=O) groups excluding carboxylic acids is 2. The maximum absolute atomic E-state index is 12.8. The second-order valence-electron chi connectivity index (χ2n) is 8.92. The predicted octanol–water partition coefficient (Wildman–Crippen LogP) is 2.94. The minimum Gasteiger partial charge on any atom is -0.469 e. The summed E-state index contributed by atoms with van der Waals surface area (Å²) < 4.78 is 11.5. The van der Waals surface area contributed by atoms with E-state index in [0.717, 1.165) is 31.3 Å². The van der Waals surface area contributed by atoms with Gasteiger partial charge < -0.3 is 14.6 Å². The molecule has 0 aromatic carbocycles. The molecule has 1 saturated heterocycles. The fourth-order valence-electron chi connectivity index (χ4n) is 5.85. The zero-order valence-corrected chi connectivity index (χ0v) is 16.0. The van der Waals surface area contributed by atoms with Crippen molar-refractivity contribution in [2.75, 3.05) is 7.11 Å². The number of methoxy groups -OCH3 is 1. The summed E-state index contributed by atoms with van der Waals surface area (Å²) in [5.74, 6) is -0.760. The van der Waals surface area contributed by atoms with Crippen LogP contribution in [0.25, 0.3) is 0 Å². The molecule has 25 heavy (non-hydrogen) atoms. The average Bonchev–Trinajstić information content (AvgIpc) is 2.84. The largest absolute Gasteiger partial charge is 0.469 e. The third-order valence-corrected chi connectivity index (χ3v) is 7.01.